The summed E-state index contributed by atoms with van der Waals surface area (Å²) in [5.41, 5.74) is 4.65. The molecule has 3 nitrogen and oxygen atoms in total. The molecule has 0 aliphatic rings. The van der Waals surface area contributed by atoms with Crippen molar-refractivity contribution >= 4 is 34.0 Å². The Morgan fingerprint density at radius 2 is 1.60 bits per heavy atom. The van der Waals surface area contributed by atoms with Crippen LogP contribution in [0.25, 0.3) is 20.5 Å². The second-order valence-electron chi connectivity index (χ2n) is 2.77. The summed E-state index contributed by atoms with van der Waals surface area (Å²) in [6, 6.07) is 0. The maximum absolute atomic E-state index is 4.55. The van der Waals surface area contributed by atoms with Crippen LogP contribution >= 0.6 is 34.0 Å². The summed E-state index contributed by atoms with van der Waals surface area (Å²) in [6.07, 6.45) is 3.69. The molecular formula is C9H5N3S3. The predicted octanol–water partition coefficient (Wildman–Crippen LogP) is 3.39. The van der Waals surface area contributed by atoms with Crippen LogP contribution in [0.15, 0.2) is 28.8 Å². The van der Waals surface area contributed by atoms with Crippen molar-refractivity contribution in [3.05, 3.63) is 28.8 Å². The number of hydrogen-bond donors (Lipinski definition) is 0. The molecule has 3 heterocycles. The maximum atomic E-state index is 4.55. The van der Waals surface area contributed by atoms with Crippen molar-refractivity contribution in [1.82, 2.24) is 15.0 Å². The van der Waals surface area contributed by atoms with E-state index in [0.29, 0.717) is 0 Å². The third-order valence-corrected chi connectivity index (χ3v) is 4.41. The van der Waals surface area contributed by atoms with Gasteiger partial charge in [-0.05, 0) is 0 Å². The summed E-state index contributed by atoms with van der Waals surface area (Å²) >= 11 is 4.86. The van der Waals surface area contributed by atoms with Crippen LogP contribution in [0.3, 0.4) is 0 Å². The molecule has 6 heteroatoms. The molecule has 0 aliphatic heterocycles. The molecule has 0 fully saturated rings. The number of hydrogen-bond acceptors (Lipinski definition) is 6. The van der Waals surface area contributed by atoms with E-state index in [1.165, 1.54) is 0 Å². The lowest BCUT2D eigenvalue weighted by Crippen LogP contribution is -1.72. The smallest absolute Gasteiger partial charge is 0.135 e. The highest BCUT2D eigenvalue weighted by molar-refractivity contribution is 7.20. The minimum atomic E-state index is 1.01. The largest absolute Gasteiger partial charge is 0.252 e. The first-order valence-corrected chi connectivity index (χ1v) is 6.80. The zero-order chi connectivity index (χ0) is 10.1. The van der Waals surface area contributed by atoms with E-state index in [1.54, 1.807) is 34.0 Å². The predicted molar refractivity (Wildman–Crippen MR) is 64.3 cm³/mol. The van der Waals surface area contributed by atoms with Gasteiger partial charge in [-0.3, -0.25) is 9.97 Å². The zero-order valence-electron chi connectivity index (χ0n) is 7.45. The Labute approximate surface area is 98.1 Å². The monoisotopic (exact) mass is 251 g/mol. The van der Waals surface area contributed by atoms with E-state index in [9.17, 15) is 0 Å². The van der Waals surface area contributed by atoms with Crippen LogP contribution in [0.5, 0.6) is 0 Å². The summed E-state index contributed by atoms with van der Waals surface area (Å²) in [6.45, 7) is 0. The molecule has 74 valence electrons. The SMILES string of the molecule is c1ncc(-c2csc(-c3cncs3)n2)s1. The van der Waals surface area contributed by atoms with Gasteiger partial charge in [0.25, 0.3) is 0 Å². The Kier molecular flexibility index (Phi) is 2.32. The lowest BCUT2D eigenvalue weighted by molar-refractivity contribution is 1.38. The lowest BCUT2D eigenvalue weighted by atomic mass is 10.4. The summed E-state index contributed by atoms with van der Waals surface area (Å²) in [7, 11) is 0. The number of aromatic nitrogens is 3. The molecule has 0 radical (unpaired) electrons. The van der Waals surface area contributed by atoms with E-state index >= 15 is 0 Å². The van der Waals surface area contributed by atoms with Crippen molar-refractivity contribution < 1.29 is 0 Å². The summed E-state index contributed by atoms with van der Waals surface area (Å²) in [5.74, 6) is 0. The topological polar surface area (TPSA) is 38.7 Å². The van der Waals surface area contributed by atoms with E-state index in [4.69, 9.17) is 0 Å². The Morgan fingerprint density at radius 1 is 0.867 bits per heavy atom. The highest BCUT2D eigenvalue weighted by Crippen LogP contribution is 2.31. The van der Waals surface area contributed by atoms with Crippen LogP contribution in [-0.2, 0) is 0 Å². The van der Waals surface area contributed by atoms with Gasteiger partial charge in [-0.1, -0.05) is 0 Å². The van der Waals surface area contributed by atoms with E-state index in [-0.39, 0.29) is 0 Å². The van der Waals surface area contributed by atoms with Crippen molar-refractivity contribution in [2.24, 2.45) is 0 Å². The molecule has 0 aromatic carbocycles. The second kappa shape index (κ2) is 3.80. The maximum Gasteiger partial charge on any atom is 0.135 e. The molecule has 15 heavy (non-hydrogen) atoms. The van der Waals surface area contributed by atoms with Gasteiger partial charge in [-0.15, -0.1) is 34.0 Å². The minimum Gasteiger partial charge on any atom is -0.252 e. The summed E-state index contributed by atoms with van der Waals surface area (Å²) < 4.78 is 0. The first-order chi connectivity index (χ1) is 7.43. The van der Waals surface area contributed by atoms with Crippen LogP contribution in [0.2, 0.25) is 0 Å². The van der Waals surface area contributed by atoms with E-state index in [1.807, 2.05) is 23.4 Å². The third-order valence-electron chi connectivity index (χ3n) is 1.83. The summed E-state index contributed by atoms with van der Waals surface area (Å²) in [4.78, 5) is 14.9. The molecule has 0 amide bonds. The molecule has 0 bridgehead atoms. The number of rotatable bonds is 2. The second-order valence-corrected chi connectivity index (χ2v) is 5.40. The van der Waals surface area contributed by atoms with Gasteiger partial charge < -0.3 is 0 Å². The van der Waals surface area contributed by atoms with Crippen LogP contribution in [0.1, 0.15) is 0 Å². The van der Waals surface area contributed by atoms with Crippen molar-refractivity contribution in [3.8, 4) is 20.5 Å². The van der Waals surface area contributed by atoms with Crippen molar-refractivity contribution in [1.29, 1.82) is 0 Å². The standard InChI is InChI=1S/C9H5N3S3/c1-7(14-4-10-1)6-3-13-9(12-6)8-2-11-5-15-8/h1-5H. The van der Waals surface area contributed by atoms with Crippen molar-refractivity contribution in [2.45, 2.75) is 0 Å². The number of thiazole rings is 3. The molecule has 0 saturated heterocycles. The third kappa shape index (κ3) is 1.71. The Balaban J connectivity index is 2.02. The van der Waals surface area contributed by atoms with Gasteiger partial charge in [0.15, 0.2) is 0 Å². The molecule has 0 N–H and O–H groups in total. The average Bonchev–Trinajstić information content (AvgIpc) is 3.02. The fourth-order valence-corrected chi connectivity index (χ4v) is 3.34. The molecular weight excluding hydrogens is 246 g/mol. The quantitative estimate of drug-likeness (QED) is 0.700. The molecule has 3 aromatic heterocycles. The molecule has 3 aromatic rings. The molecule has 0 unspecified atom stereocenters. The van der Waals surface area contributed by atoms with Gasteiger partial charge in [0.2, 0.25) is 0 Å². The van der Waals surface area contributed by atoms with Crippen molar-refractivity contribution in [3.63, 3.8) is 0 Å². The Morgan fingerprint density at radius 3 is 2.27 bits per heavy atom. The molecule has 0 atom stereocenters. The molecule has 3 rings (SSSR count). The first-order valence-electron chi connectivity index (χ1n) is 4.17. The van der Waals surface area contributed by atoms with E-state index in [2.05, 4.69) is 20.3 Å². The fraction of sp³-hybridized carbons (Fsp3) is 0. The van der Waals surface area contributed by atoms with Gasteiger partial charge in [-0.2, -0.15) is 0 Å². The van der Waals surface area contributed by atoms with Gasteiger partial charge in [0, 0.05) is 17.8 Å². The minimum absolute atomic E-state index is 1.01. The van der Waals surface area contributed by atoms with Crippen molar-refractivity contribution in [2.75, 3.05) is 0 Å². The zero-order valence-corrected chi connectivity index (χ0v) is 9.90. The van der Waals surface area contributed by atoms with Crippen LogP contribution in [-0.4, -0.2) is 15.0 Å². The van der Waals surface area contributed by atoms with Crippen LogP contribution in [0.4, 0.5) is 0 Å². The first kappa shape index (κ1) is 9.14. The van der Waals surface area contributed by atoms with E-state index in [0.717, 1.165) is 20.5 Å². The van der Waals surface area contributed by atoms with Gasteiger partial charge in [0.05, 0.1) is 26.5 Å². The van der Waals surface area contributed by atoms with Gasteiger partial charge in [0.1, 0.15) is 5.01 Å². The molecule has 0 spiro atoms. The molecule has 0 aliphatic carbocycles. The highest BCUT2D eigenvalue weighted by atomic mass is 32.1. The van der Waals surface area contributed by atoms with Gasteiger partial charge >= 0.3 is 0 Å². The van der Waals surface area contributed by atoms with Crippen LogP contribution in [0, 0.1) is 0 Å². The molecule has 0 saturated carbocycles. The average molecular weight is 251 g/mol. The number of nitrogens with zero attached hydrogens (tertiary/aromatic N) is 3. The normalized spacial score (nSPS) is 10.7. The lowest BCUT2D eigenvalue weighted by Gasteiger charge is -1.87. The van der Waals surface area contributed by atoms with Crippen LogP contribution < -0.4 is 0 Å². The van der Waals surface area contributed by atoms with E-state index < -0.39 is 0 Å². The Bertz CT molecular complexity index is 490. The highest BCUT2D eigenvalue weighted by Gasteiger charge is 2.08. The fourth-order valence-electron chi connectivity index (χ4n) is 1.16. The van der Waals surface area contributed by atoms with Gasteiger partial charge in [-0.25, -0.2) is 4.98 Å². The Hall–Kier alpha value is -1.11. The summed E-state index contributed by atoms with van der Waals surface area (Å²) in [5, 5.41) is 3.09.